The van der Waals surface area contributed by atoms with E-state index in [1.807, 2.05) is 13.8 Å². The second kappa shape index (κ2) is 5.59. The highest BCUT2D eigenvalue weighted by molar-refractivity contribution is 7.99. The SMILES string of the molecule is CC(C)OC(=O)CSc1ncccn1. The number of nitrogens with zero attached hydrogens (tertiary/aromatic N) is 2. The fourth-order valence-electron chi connectivity index (χ4n) is 0.780. The highest BCUT2D eigenvalue weighted by atomic mass is 32.2. The van der Waals surface area contributed by atoms with Crippen molar-refractivity contribution >= 4 is 17.7 Å². The quantitative estimate of drug-likeness (QED) is 0.430. The van der Waals surface area contributed by atoms with Gasteiger partial charge in [0.25, 0.3) is 0 Å². The first-order valence-corrected chi connectivity index (χ1v) is 5.26. The molecule has 1 aromatic heterocycles. The van der Waals surface area contributed by atoms with Crippen molar-refractivity contribution < 1.29 is 9.53 Å². The first kappa shape index (κ1) is 11.0. The Morgan fingerprint density at radius 2 is 2.14 bits per heavy atom. The average molecular weight is 212 g/mol. The summed E-state index contributed by atoms with van der Waals surface area (Å²) in [5.41, 5.74) is 0. The minimum atomic E-state index is -0.238. The van der Waals surface area contributed by atoms with Crippen molar-refractivity contribution in [3.05, 3.63) is 18.5 Å². The maximum Gasteiger partial charge on any atom is 0.316 e. The molecule has 0 aliphatic heterocycles. The molecule has 0 atom stereocenters. The van der Waals surface area contributed by atoms with Gasteiger partial charge in [-0.1, -0.05) is 11.8 Å². The van der Waals surface area contributed by atoms with E-state index < -0.39 is 0 Å². The number of carbonyl (C=O) groups excluding carboxylic acids is 1. The molecule has 14 heavy (non-hydrogen) atoms. The molecule has 0 saturated carbocycles. The van der Waals surface area contributed by atoms with Crippen LogP contribution in [0.4, 0.5) is 0 Å². The minimum absolute atomic E-state index is 0.0696. The molecule has 0 unspecified atom stereocenters. The number of rotatable bonds is 4. The summed E-state index contributed by atoms with van der Waals surface area (Å²) in [7, 11) is 0. The zero-order valence-corrected chi connectivity index (χ0v) is 8.95. The van der Waals surface area contributed by atoms with Gasteiger partial charge in [0.05, 0.1) is 11.9 Å². The van der Waals surface area contributed by atoms with Crippen molar-refractivity contribution in [2.75, 3.05) is 5.75 Å². The van der Waals surface area contributed by atoms with Gasteiger partial charge in [-0.3, -0.25) is 4.79 Å². The molecule has 76 valence electrons. The lowest BCUT2D eigenvalue weighted by Gasteiger charge is -2.06. The van der Waals surface area contributed by atoms with E-state index >= 15 is 0 Å². The van der Waals surface area contributed by atoms with E-state index in [0.29, 0.717) is 5.16 Å². The van der Waals surface area contributed by atoms with E-state index in [9.17, 15) is 4.79 Å². The number of aromatic nitrogens is 2. The number of ether oxygens (including phenoxy) is 1. The second-order valence-corrected chi connectivity index (χ2v) is 3.80. The Morgan fingerprint density at radius 1 is 1.50 bits per heavy atom. The maximum absolute atomic E-state index is 11.1. The van der Waals surface area contributed by atoms with E-state index in [1.165, 1.54) is 11.8 Å². The third-order valence-electron chi connectivity index (χ3n) is 1.23. The molecule has 0 aliphatic carbocycles. The predicted octanol–water partition coefficient (Wildman–Crippen LogP) is 1.52. The molecule has 4 nitrogen and oxygen atoms in total. The van der Waals surface area contributed by atoms with Crippen molar-refractivity contribution in [3.63, 3.8) is 0 Å². The van der Waals surface area contributed by atoms with E-state index in [2.05, 4.69) is 9.97 Å². The molecule has 5 heteroatoms. The third-order valence-corrected chi connectivity index (χ3v) is 2.08. The van der Waals surface area contributed by atoms with E-state index in [1.54, 1.807) is 18.5 Å². The fourth-order valence-corrected chi connectivity index (χ4v) is 1.37. The molecule has 0 radical (unpaired) electrons. The normalized spacial score (nSPS) is 10.2. The molecule has 1 rings (SSSR count). The van der Waals surface area contributed by atoms with Gasteiger partial charge >= 0.3 is 5.97 Å². The first-order valence-electron chi connectivity index (χ1n) is 4.28. The van der Waals surface area contributed by atoms with Crippen LogP contribution in [0, 0.1) is 0 Å². The van der Waals surface area contributed by atoms with Gasteiger partial charge in [-0.05, 0) is 19.9 Å². The van der Waals surface area contributed by atoms with Crippen LogP contribution in [0.5, 0.6) is 0 Å². The van der Waals surface area contributed by atoms with Crippen LogP contribution in [0.15, 0.2) is 23.6 Å². The lowest BCUT2D eigenvalue weighted by molar-refractivity contribution is -0.144. The largest absolute Gasteiger partial charge is 0.462 e. The van der Waals surface area contributed by atoms with Gasteiger partial charge < -0.3 is 4.74 Å². The molecule has 0 fully saturated rings. The van der Waals surface area contributed by atoms with Gasteiger partial charge in [-0.25, -0.2) is 9.97 Å². The van der Waals surface area contributed by atoms with Crippen LogP contribution < -0.4 is 0 Å². The molecule has 0 saturated heterocycles. The summed E-state index contributed by atoms with van der Waals surface area (Å²) >= 11 is 1.27. The Labute approximate surface area is 87.1 Å². The first-order chi connectivity index (χ1) is 6.68. The van der Waals surface area contributed by atoms with Crippen molar-refractivity contribution in [1.29, 1.82) is 0 Å². The van der Waals surface area contributed by atoms with Crippen molar-refractivity contribution in [1.82, 2.24) is 9.97 Å². The molecular weight excluding hydrogens is 200 g/mol. The molecule has 1 aromatic rings. The van der Waals surface area contributed by atoms with Crippen LogP contribution in [-0.4, -0.2) is 27.8 Å². The lowest BCUT2D eigenvalue weighted by atomic mass is 10.5. The van der Waals surface area contributed by atoms with Gasteiger partial charge in [0.15, 0.2) is 5.16 Å². The Balaban J connectivity index is 2.31. The highest BCUT2D eigenvalue weighted by Gasteiger charge is 2.06. The molecule has 0 aromatic carbocycles. The number of thioether (sulfide) groups is 1. The lowest BCUT2D eigenvalue weighted by Crippen LogP contribution is -2.13. The molecule has 0 aliphatic rings. The van der Waals surface area contributed by atoms with Crippen LogP contribution in [-0.2, 0) is 9.53 Å². The van der Waals surface area contributed by atoms with Crippen LogP contribution >= 0.6 is 11.8 Å². The Kier molecular flexibility index (Phi) is 4.39. The number of hydrogen-bond acceptors (Lipinski definition) is 5. The summed E-state index contributed by atoms with van der Waals surface area (Å²) in [5, 5.41) is 0.591. The van der Waals surface area contributed by atoms with Crippen LogP contribution in [0.25, 0.3) is 0 Å². The monoisotopic (exact) mass is 212 g/mol. The van der Waals surface area contributed by atoms with E-state index in [4.69, 9.17) is 4.74 Å². The smallest absolute Gasteiger partial charge is 0.316 e. The second-order valence-electron chi connectivity index (χ2n) is 2.86. The standard InChI is InChI=1S/C9H12N2O2S/c1-7(2)13-8(12)6-14-9-10-4-3-5-11-9/h3-5,7H,6H2,1-2H3. The summed E-state index contributed by atoms with van der Waals surface area (Å²) in [6, 6.07) is 1.73. The van der Waals surface area contributed by atoms with Gasteiger partial charge in [0.1, 0.15) is 0 Å². The van der Waals surface area contributed by atoms with Crippen molar-refractivity contribution in [2.24, 2.45) is 0 Å². The Morgan fingerprint density at radius 3 is 2.71 bits per heavy atom. The van der Waals surface area contributed by atoms with Gasteiger partial charge in [-0.2, -0.15) is 0 Å². The highest BCUT2D eigenvalue weighted by Crippen LogP contribution is 2.11. The van der Waals surface area contributed by atoms with Gasteiger partial charge in [-0.15, -0.1) is 0 Å². The summed E-state index contributed by atoms with van der Waals surface area (Å²) in [5.74, 6) is 0.0137. The number of carbonyl (C=O) groups is 1. The summed E-state index contributed by atoms with van der Waals surface area (Å²) in [4.78, 5) is 19.1. The number of hydrogen-bond donors (Lipinski definition) is 0. The van der Waals surface area contributed by atoms with Gasteiger partial charge in [0.2, 0.25) is 0 Å². The topological polar surface area (TPSA) is 52.1 Å². The minimum Gasteiger partial charge on any atom is -0.462 e. The molecule has 0 spiro atoms. The van der Waals surface area contributed by atoms with Crippen LogP contribution in [0.2, 0.25) is 0 Å². The molecule has 1 heterocycles. The van der Waals surface area contributed by atoms with Crippen LogP contribution in [0.1, 0.15) is 13.8 Å². The zero-order valence-electron chi connectivity index (χ0n) is 8.14. The van der Waals surface area contributed by atoms with Crippen molar-refractivity contribution in [3.8, 4) is 0 Å². The fraction of sp³-hybridized carbons (Fsp3) is 0.444. The van der Waals surface area contributed by atoms with E-state index in [0.717, 1.165) is 0 Å². The average Bonchev–Trinajstić information content (AvgIpc) is 2.15. The Bertz CT molecular complexity index is 290. The maximum atomic E-state index is 11.1. The third kappa shape index (κ3) is 4.23. The molecule has 0 N–H and O–H groups in total. The van der Waals surface area contributed by atoms with E-state index in [-0.39, 0.29) is 17.8 Å². The Hall–Kier alpha value is -1.10. The van der Waals surface area contributed by atoms with Gasteiger partial charge in [0, 0.05) is 12.4 Å². The predicted molar refractivity (Wildman–Crippen MR) is 54.0 cm³/mol. The summed E-state index contributed by atoms with van der Waals surface area (Å²) in [6.07, 6.45) is 3.21. The van der Waals surface area contributed by atoms with Crippen LogP contribution in [0.3, 0.4) is 0 Å². The summed E-state index contributed by atoms with van der Waals surface area (Å²) in [6.45, 7) is 3.64. The molecule has 0 amide bonds. The molecule has 0 bridgehead atoms. The molecular formula is C9H12N2O2S. The zero-order chi connectivity index (χ0) is 10.4. The van der Waals surface area contributed by atoms with Crippen molar-refractivity contribution in [2.45, 2.75) is 25.1 Å². The summed E-state index contributed by atoms with van der Waals surface area (Å²) < 4.78 is 4.96. The number of esters is 1.